The van der Waals surface area contributed by atoms with E-state index >= 15 is 0 Å². The molecule has 1 aliphatic rings. The van der Waals surface area contributed by atoms with Crippen molar-refractivity contribution in [3.8, 4) is 0 Å². The molecule has 1 fully saturated rings. The predicted molar refractivity (Wildman–Crippen MR) is 71.5 cm³/mol. The number of benzene rings is 1. The van der Waals surface area contributed by atoms with Crippen molar-refractivity contribution in [1.29, 1.82) is 0 Å². The zero-order chi connectivity index (χ0) is 12.1. The third-order valence-electron chi connectivity index (χ3n) is 3.27. The van der Waals surface area contributed by atoms with Crippen molar-refractivity contribution >= 4 is 0 Å². The van der Waals surface area contributed by atoms with Crippen molar-refractivity contribution in [2.24, 2.45) is 0 Å². The number of nitrogens with one attached hydrogen (secondary N) is 1. The second-order valence-electron chi connectivity index (χ2n) is 5.02. The normalized spacial score (nSPS) is 15.2. The number of ether oxygens (including phenoxy) is 1. The molecule has 0 saturated heterocycles. The quantitative estimate of drug-likeness (QED) is 0.731. The molecule has 1 aromatic carbocycles. The molecule has 1 aliphatic carbocycles. The molecule has 94 valence electrons. The molecule has 2 rings (SSSR count). The maximum atomic E-state index is 5.64. The summed E-state index contributed by atoms with van der Waals surface area (Å²) in [7, 11) is 0. The monoisotopic (exact) mass is 233 g/mol. The maximum Gasteiger partial charge on any atom is 0.0591 e. The Labute approximate surface area is 104 Å². The van der Waals surface area contributed by atoms with Crippen LogP contribution in [-0.4, -0.2) is 25.8 Å². The Balaban J connectivity index is 1.60. The summed E-state index contributed by atoms with van der Waals surface area (Å²) in [5, 5.41) is 3.45. The van der Waals surface area contributed by atoms with Crippen molar-refractivity contribution in [3.05, 3.63) is 34.9 Å². The second-order valence-corrected chi connectivity index (χ2v) is 5.02. The fraction of sp³-hybridized carbons (Fsp3) is 0.600. The Hall–Kier alpha value is -0.860. The van der Waals surface area contributed by atoms with Crippen molar-refractivity contribution in [1.82, 2.24) is 5.32 Å². The first-order chi connectivity index (χ1) is 8.25. The zero-order valence-corrected chi connectivity index (χ0v) is 11.0. The first kappa shape index (κ1) is 12.6. The highest BCUT2D eigenvalue weighted by atomic mass is 16.5. The fourth-order valence-corrected chi connectivity index (χ4v) is 2.03. The molecule has 0 aliphatic heterocycles. The summed E-state index contributed by atoms with van der Waals surface area (Å²) in [5.41, 5.74) is 4.12. The van der Waals surface area contributed by atoms with Crippen LogP contribution in [0.15, 0.2) is 18.2 Å². The van der Waals surface area contributed by atoms with E-state index in [1.165, 1.54) is 29.5 Å². The van der Waals surface area contributed by atoms with Crippen LogP contribution >= 0.6 is 0 Å². The average Bonchev–Trinajstić information content (AvgIpc) is 3.09. The molecule has 0 amide bonds. The van der Waals surface area contributed by atoms with E-state index in [1.54, 1.807) is 0 Å². The Morgan fingerprint density at radius 2 is 2.06 bits per heavy atom. The van der Waals surface area contributed by atoms with E-state index in [0.29, 0.717) is 0 Å². The standard InChI is InChI=1S/C15H23NO/c1-12-3-4-14(13(2)11-12)7-9-17-10-8-16-15-5-6-15/h3-4,11,15-16H,5-10H2,1-2H3. The van der Waals surface area contributed by atoms with E-state index in [0.717, 1.165) is 32.2 Å². The molecule has 0 aromatic heterocycles. The van der Waals surface area contributed by atoms with Crippen LogP contribution in [0.25, 0.3) is 0 Å². The summed E-state index contributed by atoms with van der Waals surface area (Å²) >= 11 is 0. The first-order valence-corrected chi connectivity index (χ1v) is 6.63. The van der Waals surface area contributed by atoms with Gasteiger partial charge in [0, 0.05) is 12.6 Å². The van der Waals surface area contributed by atoms with E-state index in [2.05, 4.69) is 37.4 Å². The summed E-state index contributed by atoms with van der Waals surface area (Å²) in [6, 6.07) is 7.43. The largest absolute Gasteiger partial charge is 0.380 e. The van der Waals surface area contributed by atoms with E-state index in [1.807, 2.05) is 0 Å². The zero-order valence-electron chi connectivity index (χ0n) is 11.0. The summed E-state index contributed by atoms with van der Waals surface area (Å²) < 4.78 is 5.64. The second kappa shape index (κ2) is 6.18. The topological polar surface area (TPSA) is 21.3 Å². The number of hydrogen-bond acceptors (Lipinski definition) is 2. The van der Waals surface area contributed by atoms with Crippen molar-refractivity contribution in [3.63, 3.8) is 0 Å². The van der Waals surface area contributed by atoms with Crippen molar-refractivity contribution < 1.29 is 4.74 Å². The Kier molecular flexibility index (Phi) is 4.57. The van der Waals surface area contributed by atoms with E-state index in [9.17, 15) is 0 Å². The van der Waals surface area contributed by atoms with Gasteiger partial charge < -0.3 is 10.1 Å². The molecule has 0 atom stereocenters. The lowest BCUT2D eigenvalue weighted by Crippen LogP contribution is -2.22. The molecule has 2 nitrogen and oxygen atoms in total. The Morgan fingerprint density at radius 1 is 1.24 bits per heavy atom. The Morgan fingerprint density at radius 3 is 2.76 bits per heavy atom. The van der Waals surface area contributed by atoms with E-state index in [-0.39, 0.29) is 0 Å². The van der Waals surface area contributed by atoms with Gasteiger partial charge in [-0.15, -0.1) is 0 Å². The highest BCUT2D eigenvalue weighted by molar-refractivity contribution is 5.30. The molecule has 0 spiro atoms. The number of hydrogen-bond donors (Lipinski definition) is 1. The SMILES string of the molecule is Cc1ccc(CCOCCNC2CC2)c(C)c1. The Bertz CT molecular complexity index is 358. The van der Waals surface area contributed by atoms with Gasteiger partial charge in [0.05, 0.1) is 13.2 Å². The van der Waals surface area contributed by atoms with E-state index in [4.69, 9.17) is 4.74 Å². The highest BCUT2D eigenvalue weighted by Crippen LogP contribution is 2.17. The number of aryl methyl sites for hydroxylation is 2. The molecule has 0 bridgehead atoms. The molecule has 1 aromatic rings. The predicted octanol–water partition coefficient (Wildman–Crippen LogP) is 2.61. The minimum atomic E-state index is 0.790. The average molecular weight is 233 g/mol. The van der Waals surface area contributed by atoms with E-state index < -0.39 is 0 Å². The van der Waals surface area contributed by atoms with Crippen molar-refractivity contribution in [2.75, 3.05) is 19.8 Å². The smallest absolute Gasteiger partial charge is 0.0591 e. The highest BCUT2D eigenvalue weighted by Gasteiger charge is 2.19. The lowest BCUT2D eigenvalue weighted by Gasteiger charge is -2.08. The van der Waals surface area contributed by atoms with Crippen LogP contribution in [0.4, 0.5) is 0 Å². The first-order valence-electron chi connectivity index (χ1n) is 6.63. The molecule has 0 radical (unpaired) electrons. The third-order valence-corrected chi connectivity index (χ3v) is 3.27. The van der Waals surface area contributed by atoms with Crippen LogP contribution in [0.2, 0.25) is 0 Å². The molecule has 0 unspecified atom stereocenters. The van der Waals surface area contributed by atoms with Crippen LogP contribution in [0, 0.1) is 13.8 Å². The van der Waals surface area contributed by atoms with Gasteiger partial charge in [-0.25, -0.2) is 0 Å². The molecular weight excluding hydrogens is 210 g/mol. The maximum absolute atomic E-state index is 5.64. The molecular formula is C15H23NO. The van der Waals surface area contributed by atoms with Gasteiger partial charge in [0.15, 0.2) is 0 Å². The van der Waals surface area contributed by atoms with Crippen LogP contribution in [0.1, 0.15) is 29.5 Å². The molecule has 0 heterocycles. The molecule has 1 N–H and O–H groups in total. The summed E-state index contributed by atoms with van der Waals surface area (Å²) in [6.07, 6.45) is 3.72. The van der Waals surface area contributed by atoms with Gasteiger partial charge in [0.1, 0.15) is 0 Å². The van der Waals surface area contributed by atoms with Gasteiger partial charge in [-0.05, 0) is 44.2 Å². The number of rotatable bonds is 7. The minimum Gasteiger partial charge on any atom is -0.380 e. The van der Waals surface area contributed by atoms with Crippen LogP contribution < -0.4 is 5.32 Å². The summed E-state index contributed by atoms with van der Waals surface area (Å²) in [5.74, 6) is 0. The van der Waals surface area contributed by atoms with Gasteiger partial charge in [-0.2, -0.15) is 0 Å². The minimum absolute atomic E-state index is 0.790. The van der Waals surface area contributed by atoms with Gasteiger partial charge >= 0.3 is 0 Å². The van der Waals surface area contributed by atoms with Gasteiger partial charge in [-0.1, -0.05) is 23.8 Å². The third kappa shape index (κ3) is 4.49. The summed E-state index contributed by atoms with van der Waals surface area (Å²) in [6.45, 7) is 6.98. The lowest BCUT2D eigenvalue weighted by molar-refractivity contribution is 0.138. The molecule has 17 heavy (non-hydrogen) atoms. The van der Waals surface area contributed by atoms with Crippen LogP contribution in [-0.2, 0) is 11.2 Å². The van der Waals surface area contributed by atoms with Gasteiger partial charge in [0.2, 0.25) is 0 Å². The van der Waals surface area contributed by atoms with Crippen molar-refractivity contribution in [2.45, 2.75) is 39.2 Å². The molecule has 2 heteroatoms. The van der Waals surface area contributed by atoms with Crippen LogP contribution in [0.5, 0.6) is 0 Å². The molecule has 1 saturated carbocycles. The summed E-state index contributed by atoms with van der Waals surface area (Å²) in [4.78, 5) is 0. The van der Waals surface area contributed by atoms with Gasteiger partial charge in [-0.3, -0.25) is 0 Å². The fourth-order valence-electron chi connectivity index (χ4n) is 2.03. The lowest BCUT2D eigenvalue weighted by atomic mass is 10.0. The van der Waals surface area contributed by atoms with Gasteiger partial charge in [0.25, 0.3) is 0 Å². The van der Waals surface area contributed by atoms with Crippen LogP contribution in [0.3, 0.4) is 0 Å².